The number of rotatable bonds is 2. The van der Waals surface area contributed by atoms with Crippen molar-refractivity contribution in [2.75, 3.05) is 5.32 Å². The highest BCUT2D eigenvalue weighted by atomic mass is 19.4. The molecule has 0 bridgehead atoms. The third kappa shape index (κ3) is 5.11. The molecule has 0 aliphatic carbocycles. The summed E-state index contributed by atoms with van der Waals surface area (Å²) in [7, 11) is 0. The van der Waals surface area contributed by atoms with Gasteiger partial charge in [-0.3, -0.25) is 0 Å². The number of alkyl halides is 3. The van der Waals surface area contributed by atoms with E-state index < -0.39 is 11.7 Å². The van der Waals surface area contributed by atoms with Crippen LogP contribution in [-0.4, -0.2) is 6.04 Å². The normalized spacial score (nSPS) is 10.5. The average Bonchev–Trinajstić information content (AvgIpc) is 2.05. The molecule has 0 saturated carbocycles. The Morgan fingerprint density at radius 1 is 1.12 bits per heavy atom. The quantitative estimate of drug-likeness (QED) is 0.768. The van der Waals surface area contributed by atoms with Crippen molar-refractivity contribution in [2.45, 2.75) is 47.8 Å². The van der Waals surface area contributed by atoms with Crippen molar-refractivity contribution in [3.8, 4) is 0 Å². The molecule has 0 amide bonds. The fourth-order valence-electron chi connectivity index (χ4n) is 1.31. The molecule has 1 rings (SSSR count). The Kier molecular flexibility index (Phi) is 6.98. The van der Waals surface area contributed by atoms with E-state index in [1.54, 1.807) is 6.92 Å². The van der Waals surface area contributed by atoms with E-state index in [0.717, 1.165) is 17.8 Å². The van der Waals surface area contributed by atoms with E-state index in [1.807, 2.05) is 13.8 Å². The van der Waals surface area contributed by atoms with Gasteiger partial charge in [-0.1, -0.05) is 14.9 Å². The lowest BCUT2D eigenvalue weighted by Gasteiger charge is -2.14. The third-order valence-corrected chi connectivity index (χ3v) is 2.00. The van der Waals surface area contributed by atoms with Crippen LogP contribution in [0.5, 0.6) is 0 Å². The molecule has 0 radical (unpaired) electrons. The summed E-state index contributed by atoms with van der Waals surface area (Å²) in [5.74, 6) is 0. The molecule has 0 aromatic heterocycles. The summed E-state index contributed by atoms with van der Waals surface area (Å²) >= 11 is 0. The molecule has 0 unspecified atom stereocenters. The molecule has 1 N–H and O–H groups in total. The summed E-state index contributed by atoms with van der Waals surface area (Å²) in [5, 5.41) is 3.08. The van der Waals surface area contributed by atoms with Gasteiger partial charge in [0.05, 0.1) is 5.56 Å². The Bertz CT molecular complexity index is 343. The highest BCUT2D eigenvalue weighted by molar-refractivity contribution is 5.52. The first-order valence-electron chi connectivity index (χ1n) is 4.75. The van der Waals surface area contributed by atoms with Crippen molar-refractivity contribution >= 4 is 5.69 Å². The number of hydrogen-bond donors (Lipinski definition) is 1. The molecule has 100 valence electrons. The summed E-state index contributed by atoms with van der Waals surface area (Å²) in [6.45, 7) is 5.55. The summed E-state index contributed by atoms with van der Waals surface area (Å²) in [6.07, 6.45) is -4.26. The summed E-state index contributed by atoms with van der Waals surface area (Å²) < 4.78 is 37.0. The van der Waals surface area contributed by atoms with Gasteiger partial charge in [0.15, 0.2) is 0 Å². The van der Waals surface area contributed by atoms with Gasteiger partial charge in [0, 0.05) is 11.7 Å². The topological polar surface area (TPSA) is 12.0 Å². The minimum atomic E-state index is -4.26. The molecule has 0 atom stereocenters. The van der Waals surface area contributed by atoms with Crippen molar-refractivity contribution in [3.05, 3.63) is 29.3 Å². The van der Waals surface area contributed by atoms with E-state index in [-0.39, 0.29) is 20.9 Å². The number of nitrogens with one attached hydrogen (secondary N) is 1. The second-order valence-electron chi connectivity index (χ2n) is 3.83. The van der Waals surface area contributed by atoms with Gasteiger partial charge in [0.2, 0.25) is 0 Å². The molecule has 0 aliphatic rings. The minimum Gasteiger partial charge on any atom is -0.383 e. The fraction of sp³-hybridized carbons (Fsp3) is 0.538. The Morgan fingerprint density at radius 3 is 2.00 bits per heavy atom. The average molecular weight is 249 g/mol. The van der Waals surface area contributed by atoms with Crippen LogP contribution < -0.4 is 5.32 Å². The fourth-order valence-corrected chi connectivity index (χ4v) is 1.31. The van der Waals surface area contributed by atoms with Gasteiger partial charge in [-0.2, -0.15) is 13.2 Å². The maximum atomic E-state index is 12.3. The zero-order valence-corrected chi connectivity index (χ0v) is 8.94. The van der Waals surface area contributed by atoms with Crippen LogP contribution in [-0.2, 0) is 6.18 Å². The first kappa shape index (κ1) is 18.2. The van der Waals surface area contributed by atoms with Gasteiger partial charge >= 0.3 is 6.18 Å². The van der Waals surface area contributed by atoms with E-state index in [9.17, 15) is 13.2 Å². The van der Waals surface area contributed by atoms with Crippen molar-refractivity contribution in [3.63, 3.8) is 0 Å². The van der Waals surface area contributed by atoms with Gasteiger partial charge in [-0.25, -0.2) is 0 Å². The third-order valence-electron chi connectivity index (χ3n) is 2.00. The Balaban J connectivity index is 0. The molecule has 0 fully saturated rings. The van der Waals surface area contributed by atoms with Crippen LogP contribution in [0.2, 0.25) is 0 Å². The van der Waals surface area contributed by atoms with Crippen molar-refractivity contribution in [1.82, 2.24) is 0 Å². The molecule has 4 heteroatoms. The zero-order valence-electron chi connectivity index (χ0n) is 8.94. The number of anilines is 1. The maximum absolute atomic E-state index is 12.3. The lowest BCUT2D eigenvalue weighted by Crippen LogP contribution is -2.12. The Morgan fingerprint density at radius 2 is 1.65 bits per heavy atom. The van der Waals surface area contributed by atoms with Crippen LogP contribution in [0.3, 0.4) is 0 Å². The minimum absolute atomic E-state index is 0. The smallest absolute Gasteiger partial charge is 0.383 e. The first-order chi connectivity index (χ1) is 6.80. The molecule has 1 aromatic rings. The lowest BCUT2D eigenvalue weighted by atomic mass is 10.1. The number of halogens is 3. The second-order valence-corrected chi connectivity index (χ2v) is 3.83. The largest absolute Gasteiger partial charge is 0.416 e. The molecular formula is C13H22F3N. The molecular weight excluding hydrogens is 227 g/mol. The molecule has 1 nitrogen and oxygen atoms in total. The maximum Gasteiger partial charge on any atom is 0.416 e. The van der Waals surface area contributed by atoms with Crippen LogP contribution in [0.15, 0.2) is 18.2 Å². The van der Waals surface area contributed by atoms with Gasteiger partial charge in [-0.15, -0.1) is 0 Å². The standard InChI is InChI=1S/C11H14F3N.2CH4/c1-7(2)15-10-5-4-9(6-8(10)3)11(12,13)14;;/h4-7,15H,1-3H3;2*1H4. The number of aryl methyl sites for hydroxylation is 1. The highest BCUT2D eigenvalue weighted by Crippen LogP contribution is 2.31. The lowest BCUT2D eigenvalue weighted by molar-refractivity contribution is -0.137. The molecule has 17 heavy (non-hydrogen) atoms. The van der Waals surface area contributed by atoms with Crippen LogP contribution in [0.4, 0.5) is 18.9 Å². The predicted molar refractivity (Wildman–Crippen MR) is 68.4 cm³/mol. The monoisotopic (exact) mass is 249 g/mol. The Labute approximate surface area is 102 Å². The van der Waals surface area contributed by atoms with Gasteiger partial charge in [0.1, 0.15) is 0 Å². The van der Waals surface area contributed by atoms with Crippen LogP contribution >= 0.6 is 0 Å². The highest BCUT2D eigenvalue weighted by Gasteiger charge is 2.30. The van der Waals surface area contributed by atoms with Gasteiger partial charge < -0.3 is 5.32 Å². The molecule has 0 spiro atoms. The van der Waals surface area contributed by atoms with Crippen LogP contribution in [0.1, 0.15) is 39.8 Å². The SMILES string of the molecule is C.C.Cc1cc(C(F)(F)F)ccc1NC(C)C. The number of benzene rings is 1. The molecule has 0 saturated heterocycles. The van der Waals surface area contributed by atoms with Crippen molar-refractivity contribution in [2.24, 2.45) is 0 Å². The predicted octanol–water partition coefficient (Wildman–Crippen LogP) is 5.11. The molecule has 0 heterocycles. The van der Waals surface area contributed by atoms with Crippen LogP contribution in [0.25, 0.3) is 0 Å². The van der Waals surface area contributed by atoms with E-state index in [4.69, 9.17) is 0 Å². The summed E-state index contributed by atoms with van der Waals surface area (Å²) in [6, 6.07) is 3.93. The van der Waals surface area contributed by atoms with Gasteiger partial charge in [-0.05, 0) is 44.5 Å². The van der Waals surface area contributed by atoms with E-state index in [0.29, 0.717) is 5.56 Å². The van der Waals surface area contributed by atoms with E-state index >= 15 is 0 Å². The van der Waals surface area contributed by atoms with Crippen molar-refractivity contribution in [1.29, 1.82) is 0 Å². The number of hydrogen-bond acceptors (Lipinski definition) is 1. The van der Waals surface area contributed by atoms with E-state index in [1.165, 1.54) is 6.07 Å². The molecule has 0 aliphatic heterocycles. The second kappa shape index (κ2) is 6.52. The summed E-state index contributed by atoms with van der Waals surface area (Å²) in [5.41, 5.74) is 0.755. The van der Waals surface area contributed by atoms with Crippen molar-refractivity contribution < 1.29 is 13.2 Å². The van der Waals surface area contributed by atoms with E-state index in [2.05, 4.69) is 5.32 Å². The first-order valence-corrected chi connectivity index (χ1v) is 4.75. The Hall–Kier alpha value is -1.19. The molecule has 1 aromatic carbocycles. The summed E-state index contributed by atoms with van der Waals surface area (Å²) in [4.78, 5) is 0. The van der Waals surface area contributed by atoms with Crippen LogP contribution in [0, 0.1) is 6.92 Å². The zero-order chi connectivity index (χ0) is 11.6. The van der Waals surface area contributed by atoms with Gasteiger partial charge in [0.25, 0.3) is 0 Å².